The molecule has 150 valence electrons. The number of rotatable bonds is 8. The quantitative estimate of drug-likeness (QED) is 0.590. The van der Waals surface area contributed by atoms with Crippen LogP contribution in [0.4, 0.5) is 11.5 Å². The number of hydrogen-bond donors (Lipinski definition) is 1. The molecule has 0 saturated carbocycles. The van der Waals surface area contributed by atoms with Gasteiger partial charge >= 0.3 is 5.97 Å². The Bertz CT molecular complexity index is 813. The molecule has 1 aliphatic rings. The molecule has 6 nitrogen and oxygen atoms in total. The van der Waals surface area contributed by atoms with Gasteiger partial charge in [0.15, 0.2) is 12.1 Å². The minimum absolute atomic E-state index is 0.142. The van der Waals surface area contributed by atoms with Crippen LogP contribution < -0.4 is 4.90 Å². The number of halogens is 2. The molecule has 1 atom stereocenters. The third kappa shape index (κ3) is 5.35. The van der Waals surface area contributed by atoms with Crippen molar-refractivity contribution in [2.45, 2.75) is 32.0 Å². The van der Waals surface area contributed by atoms with E-state index in [1.165, 1.54) is 12.1 Å². The van der Waals surface area contributed by atoms with E-state index in [9.17, 15) is 9.90 Å². The van der Waals surface area contributed by atoms with Crippen LogP contribution in [0.2, 0.25) is 10.0 Å². The molecular formula is C20H22Cl2N2O4. The van der Waals surface area contributed by atoms with Gasteiger partial charge in [0.1, 0.15) is 0 Å². The smallest absolute Gasteiger partial charge is 0.335 e. The molecule has 2 heterocycles. The van der Waals surface area contributed by atoms with E-state index >= 15 is 0 Å². The van der Waals surface area contributed by atoms with Gasteiger partial charge in [-0.05, 0) is 56.0 Å². The van der Waals surface area contributed by atoms with E-state index in [0.717, 1.165) is 25.9 Å². The fraction of sp³-hybridized carbons (Fsp3) is 0.400. The van der Waals surface area contributed by atoms with Crippen molar-refractivity contribution in [1.29, 1.82) is 0 Å². The number of benzene rings is 1. The van der Waals surface area contributed by atoms with Crippen LogP contribution in [0.5, 0.6) is 0 Å². The molecule has 2 aromatic rings. The van der Waals surface area contributed by atoms with Gasteiger partial charge in [0, 0.05) is 19.3 Å². The molecule has 0 radical (unpaired) electrons. The van der Waals surface area contributed by atoms with E-state index < -0.39 is 5.97 Å². The summed E-state index contributed by atoms with van der Waals surface area (Å²) in [5.74, 6) is -0.509. The SMILES string of the molecule is O=C(O)c1ccc(Cl)c(N(CCCOC2CCCCO2)c2ncccc2Cl)c1. The highest BCUT2D eigenvalue weighted by Crippen LogP contribution is 2.35. The average Bonchev–Trinajstić information content (AvgIpc) is 2.70. The summed E-state index contributed by atoms with van der Waals surface area (Å²) in [6.07, 6.45) is 5.24. The Morgan fingerprint density at radius 3 is 2.86 bits per heavy atom. The van der Waals surface area contributed by atoms with Crippen molar-refractivity contribution in [2.24, 2.45) is 0 Å². The second kappa shape index (κ2) is 10.1. The van der Waals surface area contributed by atoms with Crippen molar-refractivity contribution >= 4 is 40.7 Å². The number of anilines is 2. The van der Waals surface area contributed by atoms with Crippen molar-refractivity contribution in [3.05, 3.63) is 52.1 Å². The maximum atomic E-state index is 11.4. The minimum Gasteiger partial charge on any atom is -0.478 e. The average molecular weight is 425 g/mol. The molecule has 1 N–H and O–H groups in total. The maximum Gasteiger partial charge on any atom is 0.335 e. The first-order valence-corrected chi connectivity index (χ1v) is 9.96. The number of hydrogen-bond acceptors (Lipinski definition) is 5. The van der Waals surface area contributed by atoms with E-state index in [1.807, 2.05) is 4.90 Å². The Balaban J connectivity index is 1.77. The first-order valence-electron chi connectivity index (χ1n) is 9.20. The number of carbonyl (C=O) groups is 1. The summed E-state index contributed by atoms with van der Waals surface area (Å²) in [4.78, 5) is 17.6. The zero-order valence-corrected chi connectivity index (χ0v) is 16.8. The molecule has 1 unspecified atom stereocenters. The van der Waals surface area contributed by atoms with Gasteiger partial charge in [-0.15, -0.1) is 0 Å². The highest BCUT2D eigenvalue weighted by Gasteiger charge is 2.19. The largest absolute Gasteiger partial charge is 0.478 e. The number of carboxylic acids is 1. The first-order chi connectivity index (χ1) is 13.6. The van der Waals surface area contributed by atoms with Crippen LogP contribution in [-0.2, 0) is 9.47 Å². The van der Waals surface area contributed by atoms with Gasteiger partial charge in [-0.3, -0.25) is 0 Å². The first kappa shape index (κ1) is 20.9. The highest BCUT2D eigenvalue weighted by molar-refractivity contribution is 6.34. The van der Waals surface area contributed by atoms with Crippen molar-refractivity contribution in [3.63, 3.8) is 0 Å². The van der Waals surface area contributed by atoms with Crippen LogP contribution in [0, 0.1) is 0 Å². The molecule has 0 aliphatic carbocycles. The van der Waals surface area contributed by atoms with Gasteiger partial charge in [0.2, 0.25) is 0 Å². The number of aromatic carboxylic acids is 1. The Hall–Kier alpha value is -1.86. The molecular weight excluding hydrogens is 403 g/mol. The molecule has 1 saturated heterocycles. The second-order valence-electron chi connectivity index (χ2n) is 6.45. The van der Waals surface area contributed by atoms with Crippen LogP contribution in [0.25, 0.3) is 0 Å². The fourth-order valence-corrected chi connectivity index (χ4v) is 3.49. The van der Waals surface area contributed by atoms with Crippen LogP contribution in [0.15, 0.2) is 36.5 Å². The van der Waals surface area contributed by atoms with E-state index in [0.29, 0.717) is 41.1 Å². The molecule has 1 aromatic carbocycles. The predicted molar refractivity (Wildman–Crippen MR) is 109 cm³/mol. The lowest BCUT2D eigenvalue weighted by molar-refractivity contribution is -0.162. The van der Waals surface area contributed by atoms with E-state index in [4.69, 9.17) is 32.7 Å². The molecule has 8 heteroatoms. The fourth-order valence-electron chi connectivity index (χ4n) is 3.05. The topological polar surface area (TPSA) is 71.9 Å². The summed E-state index contributed by atoms with van der Waals surface area (Å²) in [5.41, 5.74) is 0.680. The molecule has 1 aromatic heterocycles. The van der Waals surface area contributed by atoms with Gasteiger partial charge in [-0.1, -0.05) is 23.2 Å². The van der Waals surface area contributed by atoms with E-state index in [2.05, 4.69) is 4.98 Å². The Labute approximate surface area is 174 Å². The molecule has 1 fully saturated rings. The summed E-state index contributed by atoms with van der Waals surface area (Å²) in [6, 6.07) is 8.04. The zero-order chi connectivity index (χ0) is 19.9. The third-order valence-corrected chi connectivity index (χ3v) is 5.06. The van der Waals surface area contributed by atoms with Crippen molar-refractivity contribution in [1.82, 2.24) is 4.98 Å². The molecule has 28 heavy (non-hydrogen) atoms. The second-order valence-corrected chi connectivity index (χ2v) is 7.27. The van der Waals surface area contributed by atoms with Crippen molar-refractivity contribution in [3.8, 4) is 0 Å². The number of aromatic nitrogens is 1. The molecule has 3 rings (SSSR count). The van der Waals surface area contributed by atoms with Gasteiger partial charge in [0.25, 0.3) is 0 Å². The van der Waals surface area contributed by atoms with Crippen molar-refractivity contribution < 1.29 is 19.4 Å². The van der Waals surface area contributed by atoms with Crippen LogP contribution in [0.3, 0.4) is 0 Å². The summed E-state index contributed by atoms with van der Waals surface area (Å²) in [5, 5.41) is 10.2. The van der Waals surface area contributed by atoms with Crippen LogP contribution in [0.1, 0.15) is 36.0 Å². The molecule has 0 amide bonds. The Kier molecular flexibility index (Phi) is 7.50. The monoisotopic (exact) mass is 424 g/mol. The zero-order valence-electron chi connectivity index (χ0n) is 15.3. The Morgan fingerprint density at radius 2 is 2.14 bits per heavy atom. The summed E-state index contributed by atoms with van der Waals surface area (Å²) in [7, 11) is 0. The lowest BCUT2D eigenvalue weighted by Gasteiger charge is -2.27. The van der Waals surface area contributed by atoms with Crippen LogP contribution in [-0.4, -0.2) is 42.1 Å². The summed E-state index contributed by atoms with van der Waals surface area (Å²) >= 11 is 12.7. The molecule has 1 aliphatic heterocycles. The lowest BCUT2D eigenvalue weighted by atomic mass is 10.1. The minimum atomic E-state index is -1.03. The third-order valence-electron chi connectivity index (χ3n) is 4.45. The number of carboxylic acid groups (broad SMARTS) is 1. The van der Waals surface area contributed by atoms with Gasteiger partial charge in [-0.25, -0.2) is 9.78 Å². The highest BCUT2D eigenvalue weighted by atomic mass is 35.5. The summed E-state index contributed by atoms with van der Waals surface area (Å²) < 4.78 is 11.4. The maximum absolute atomic E-state index is 11.4. The number of ether oxygens (including phenoxy) is 2. The molecule has 0 spiro atoms. The van der Waals surface area contributed by atoms with E-state index in [-0.39, 0.29) is 11.9 Å². The summed E-state index contributed by atoms with van der Waals surface area (Å²) in [6.45, 7) is 1.74. The van der Waals surface area contributed by atoms with Gasteiger partial charge < -0.3 is 19.5 Å². The van der Waals surface area contributed by atoms with Crippen LogP contribution >= 0.6 is 23.2 Å². The van der Waals surface area contributed by atoms with Crippen molar-refractivity contribution in [2.75, 3.05) is 24.7 Å². The standard InChI is InChI=1S/C20H22Cl2N2O4/c21-15-8-7-14(20(25)26)13-17(15)24(19-16(22)5-3-9-23-19)10-4-12-28-18-6-1-2-11-27-18/h3,5,7-9,13,18H,1-2,4,6,10-12H2,(H,25,26). The van der Waals surface area contributed by atoms with Gasteiger partial charge in [-0.2, -0.15) is 0 Å². The predicted octanol–water partition coefficient (Wildman–Crippen LogP) is 5.16. The van der Waals surface area contributed by atoms with Gasteiger partial charge in [0.05, 0.1) is 27.9 Å². The number of pyridine rings is 1. The lowest BCUT2D eigenvalue weighted by Crippen LogP contribution is -2.25. The number of nitrogens with zero attached hydrogens (tertiary/aromatic N) is 2. The molecule has 0 bridgehead atoms. The normalized spacial score (nSPS) is 16.7. The Morgan fingerprint density at radius 1 is 1.29 bits per heavy atom. The van der Waals surface area contributed by atoms with E-state index in [1.54, 1.807) is 24.4 Å².